The van der Waals surface area contributed by atoms with Crippen LogP contribution in [0.1, 0.15) is 41.6 Å². The van der Waals surface area contributed by atoms with Gasteiger partial charge in [0.25, 0.3) is 5.91 Å². The molecule has 1 aromatic carbocycles. The van der Waals surface area contributed by atoms with E-state index in [1.807, 2.05) is 0 Å². The molecular weight excluding hydrogens is 334 g/mol. The maximum absolute atomic E-state index is 12.3. The summed E-state index contributed by atoms with van der Waals surface area (Å²) in [5.74, 6) is -0.498. The molecule has 6 nitrogen and oxygen atoms in total. The molecule has 8 heteroatoms. The number of hydrogen-bond donors (Lipinski definition) is 1. The minimum Gasteiger partial charge on any atom is -0.296 e. The van der Waals surface area contributed by atoms with Crippen LogP contribution in [0.4, 0.5) is 5.13 Å². The molecule has 2 rings (SSSR count). The van der Waals surface area contributed by atoms with E-state index in [1.165, 1.54) is 23.5 Å². The lowest BCUT2D eigenvalue weighted by atomic mass is 10.2. The number of amides is 1. The number of unbranched alkanes of at least 4 members (excludes halogenated alkanes) is 2. The third-order valence-electron chi connectivity index (χ3n) is 3.21. The van der Waals surface area contributed by atoms with Crippen molar-refractivity contribution in [2.24, 2.45) is 0 Å². The number of hydrogen-bond acceptors (Lipinski definition) is 6. The summed E-state index contributed by atoms with van der Waals surface area (Å²) in [6, 6.07) is 6.11. The molecule has 1 N–H and O–H groups in total. The lowest BCUT2D eigenvalue weighted by molar-refractivity contribution is 0.102. The number of carbonyl (C=O) groups excluding carboxylic acids is 1. The minimum absolute atomic E-state index is 0.00480. The summed E-state index contributed by atoms with van der Waals surface area (Å²) in [7, 11) is -3.47. The number of aromatic nitrogens is 2. The molecule has 0 aliphatic carbocycles. The first-order valence-corrected chi connectivity index (χ1v) is 10.1. The van der Waals surface area contributed by atoms with Gasteiger partial charge >= 0.3 is 0 Å². The van der Waals surface area contributed by atoms with Gasteiger partial charge in [0.15, 0.2) is 9.84 Å². The van der Waals surface area contributed by atoms with Crippen LogP contribution in [0.25, 0.3) is 0 Å². The van der Waals surface area contributed by atoms with Gasteiger partial charge in [-0.2, -0.15) is 0 Å². The highest BCUT2D eigenvalue weighted by molar-refractivity contribution is 7.90. The summed E-state index contributed by atoms with van der Waals surface area (Å²) in [4.78, 5) is 12.3. The molecule has 1 aromatic heterocycles. The zero-order valence-corrected chi connectivity index (χ0v) is 14.7. The van der Waals surface area contributed by atoms with E-state index in [0.29, 0.717) is 5.13 Å². The highest BCUT2D eigenvalue weighted by Gasteiger charge is 2.19. The van der Waals surface area contributed by atoms with Crippen LogP contribution in [0.5, 0.6) is 0 Å². The van der Waals surface area contributed by atoms with Gasteiger partial charge in [0.2, 0.25) is 5.13 Å². The predicted molar refractivity (Wildman–Crippen MR) is 90.6 cm³/mol. The molecule has 0 aliphatic rings. The normalized spacial score (nSPS) is 11.4. The molecule has 0 unspecified atom stereocenters. The van der Waals surface area contributed by atoms with E-state index in [9.17, 15) is 13.2 Å². The zero-order valence-electron chi connectivity index (χ0n) is 13.1. The Kier molecular flexibility index (Phi) is 5.84. The van der Waals surface area contributed by atoms with Crippen molar-refractivity contribution in [3.63, 3.8) is 0 Å². The Bertz CT molecular complexity index is 785. The van der Waals surface area contributed by atoms with E-state index in [1.54, 1.807) is 12.1 Å². The molecule has 0 bridgehead atoms. The fourth-order valence-electron chi connectivity index (χ4n) is 2.07. The maximum atomic E-state index is 12.3. The lowest BCUT2D eigenvalue weighted by Gasteiger charge is -2.06. The van der Waals surface area contributed by atoms with E-state index in [4.69, 9.17) is 0 Å². The zero-order chi connectivity index (χ0) is 16.9. The summed E-state index contributed by atoms with van der Waals surface area (Å²) in [5, 5.41) is 11.8. The van der Waals surface area contributed by atoms with Gasteiger partial charge in [-0.1, -0.05) is 43.2 Å². The number of anilines is 1. The second kappa shape index (κ2) is 7.65. The molecule has 0 aliphatic heterocycles. The smallest absolute Gasteiger partial charge is 0.258 e. The van der Waals surface area contributed by atoms with Crippen molar-refractivity contribution in [2.75, 3.05) is 11.6 Å². The Morgan fingerprint density at radius 1 is 1.22 bits per heavy atom. The van der Waals surface area contributed by atoms with Crippen molar-refractivity contribution in [3.05, 3.63) is 34.8 Å². The van der Waals surface area contributed by atoms with E-state index >= 15 is 0 Å². The van der Waals surface area contributed by atoms with Crippen molar-refractivity contribution in [3.8, 4) is 0 Å². The van der Waals surface area contributed by atoms with Crippen molar-refractivity contribution >= 4 is 32.2 Å². The number of sulfone groups is 1. The number of nitrogens with one attached hydrogen (secondary N) is 1. The number of rotatable bonds is 7. The van der Waals surface area contributed by atoms with Gasteiger partial charge in [-0.05, 0) is 18.6 Å². The highest BCUT2D eigenvalue weighted by Crippen LogP contribution is 2.20. The highest BCUT2D eigenvalue weighted by atomic mass is 32.2. The van der Waals surface area contributed by atoms with Crippen LogP contribution in [0.2, 0.25) is 0 Å². The molecule has 0 radical (unpaired) electrons. The van der Waals surface area contributed by atoms with Gasteiger partial charge in [0.05, 0.1) is 10.5 Å². The van der Waals surface area contributed by atoms with E-state index in [0.717, 1.165) is 36.9 Å². The summed E-state index contributed by atoms with van der Waals surface area (Å²) in [6.45, 7) is 2.13. The van der Waals surface area contributed by atoms with Gasteiger partial charge in [0, 0.05) is 12.7 Å². The van der Waals surface area contributed by atoms with Crippen LogP contribution in [0, 0.1) is 0 Å². The Labute approximate surface area is 139 Å². The third-order valence-corrected chi connectivity index (χ3v) is 5.27. The van der Waals surface area contributed by atoms with Crippen molar-refractivity contribution < 1.29 is 13.2 Å². The number of nitrogens with zero attached hydrogens (tertiary/aromatic N) is 2. The molecule has 23 heavy (non-hydrogen) atoms. The van der Waals surface area contributed by atoms with Gasteiger partial charge in [0.1, 0.15) is 5.01 Å². The van der Waals surface area contributed by atoms with E-state index in [2.05, 4.69) is 22.4 Å². The monoisotopic (exact) mass is 353 g/mol. The van der Waals surface area contributed by atoms with Crippen LogP contribution in [-0.4, -0.2) is 30.8 Å². The van der Waals surface area contributed by atoms with Gasteiger partial charge in [-0.15, -0.1) is 10.2 Å². The van der Waals surface area contributed by atoms with E-state index in [-0.39, 0.29) is 10.5 Å². The predicted octanol–water partition coefficient (Wildman–Crippen LogP) is 2.93. The lowest BCUT2D eigenvalue weighted by Crippen LogP contribution is -2.15. The Balaban J connectivity index is 2.11. The third kappa shape index (κ3) is 4.84. The molecule has 0 saturated heterocycles. The fraction of sp³-hybridized carbons (Fsp3) is 0.400. The molecule has 2 aromatic rings. The second-order valence-corrected chi connectivity index (χ2v) is 8.23. The molecule has 1 heterocycles. The summed E-state index contributed by atoms with van der Waals surface area (Å²) >= 11 is 1.32. The average molecular weight is 353 g/mol. The largest absolute Gasteiger partial charge is 0.296 e. The number of benzene rings is 1. The quantitative estimate of drug-likeness (QED) is 0.773. The van der Waals surface area contributed by atoms with Gasteiger partial charge in [-0.3, -0.25) is 10.1 Å². The summed E-state index contributed by atoms with van der Waals surface area (Å²) in [6.07, 6.45) is 5.21. The molecule has 0 saturated carbocycles. The average Bonchev–Trinajstić information content (AvgIpc) is 2.94. The topological polar surface area (TPSA) is 89.0 Å². The molecule has 1 amide bonds. The van der Waals surface area contributed by atoms with Gasteiger partial charge < -0.3 is 0 Å². The Morgan fingerprint density at radius 2 is 1.96 bits per heavy atom. The van der Waals surface area contributed by atoms with Gasteiger partial charge in [-0.25, -0.2) is 8.42 Å². The van der Waals surface area contributed by atoms with Crippen molar-refractivity contribution in [1.29, 1.82) is 0 Å². The van der Waals surface area contributed by atoms with Crippen molar-refractivity contribution in [2.45, 2.75) is 37.5 Å². The fourth-order valence-corrected chi connectivity index (χ4v) is 3.74. The molecule has 0 fully saturated rings. The first kappa shape index (κ1) is 17.6. The van der Waals surface area contributed by atoms with Crippen LogP contribution in [-0.2, 0) is 16.3 Å². The second-order valence-electron chi connectivity index (χ2n) is 5.18. The van der Waals surface area contributed by atoms with Crippen LogP contribution in [0.15, 0.2) is 29.2 Å². The van der Waals surface area contributed by atoms with E-state index < -0.39 is 15.7 Å². The molecule has 0 spiro atoms. The summed E-state index contributed by atoms with van der Waals surface area (Å²) in [5.41, 5.74) is 0.109. The molecule has 124 valence electrons. The summed E-state index contributed by atoms with van der Waals surface area (Å²) < 4.78 is 23.5. The first-order chi connectivity index (χ1) is 10.9. The molecule has 0 atom stereocenters. The Hall–Kier alpha value is -1.80. The minimum atomic E-state index is -3.47. The van der Waals surface area contributed by atoms with Crippen LogP contribution < -0.4 is 5.32 Å². The number of aryl methyl sites for hydroxylation is 1. The number of carbonyl (C=O) groups is 1. The first-order valence-electron chi connectivity index (χ1n) is 7.34. The standard InChI is InChI=1S/C15H19N3O3S2/c1-3-4-5-10-13-17-18-15(22-13)16-14(19)11-8-6-7-9-12(11)23(2,20)21/h6-9H,3-5,10H2,1-2H3,(H,16,18,19). The van der Waals surface area contributed by atoms with Crippen LogP contribution in [0.3, 0.4) is 0 Å². The SMILES string of the molecule is CCCCCc1nnc(NC(=O)c2ccccc2S(C)(=O)=O)s1. The Morgan fingerprint density at radius 3 is 2.65 bits per heavy atom. The maximum Gasteiger partial charge on any atom is 0.258 e. The van der Waals surface area contributed by atoms with Crippen LogP contribution >= 0.6 is 11.3 Å². The van der Waals surface area contributed by atoms with Crippen molar-refractivity contribution in [1.82, 2.24) is 10.2 Å². The molecular formula is C15H19N3O3S2.